The number of amides is 1. The molecule has 0 atom stereocenters. The van der Waals surface area contributed by atoms with Gasteiger partial charge in [0.1, 0.15) is 5.75 Å². The normalized spacial score (nSPS) is 10.1. The van der Waals surface area contributed by atoms with E-state index in [9.17, 15) is 4.79 Å². The van der Waals surface area contributed by atoms with Gasteiger partial charge in [0.25, 0.3) is 5.91 Å². The van der Waals surface area contributed by atoms with Gasteiger partial charge in [-0.1, -0.05) is 23.8 Å². The highest BCUT2D eigenvalue weighted by molar-refractivity contribution is 6.04. The smallest absolute Gasteiger partial charge is 0.255 e. The van der Waals surface area contributed by atoms with Crippen LogP contribution in [0.1, 0.15) is 21.5 Å². The van der Waals surface area contributed by atoms with E-state index in [4.69, 9.17) is 4.74 Å². The van der Waals surface area contributed by atoms with Crippen molar-refractivity contribution in [1.29, 1.82) is 0 Å². The Kier molecular flexibility index (Phi) is 3.85. The molecule has 0 aliphatic carbocycles. The van der Waals surface area contributed by atoms with Crippen LogP contribution in [0.3, 0.4) is 0 Å². The Morgan fingerprint density at radius 2 is 1.74 bits per heavy atom. The molecular weight excluding hydrogens is 238 g/mol. The Morgan fingerprint density at radius 1 is 1.05 bits per heavy atom. The molecule has 1 amide bonds. The lowest BCUT2D eigenvalue weighted by molar-refractivity contribution is 0.102. The van der Waals surface area contributed by atoms with Crippen LogP contribution in [0, 0.1) is 13.8 Å². The second-order valence-electron chi connectivity index (χ2n) is 4.50. The molecule has 0 aromatic heterocycles. The summed E-state index contributed by atoms with van der Waals surface area (Å²) in [5.41, 5.74) is 3.55. The van der Waals surface area contributed by atoms with Crippen molar-refractivity contribution in [2.24, 2.45) is 0 Å². The average molecular weight is 255 g/mol. The van der Waals surface area contributed by atoms with Crippen LogP contribution in [0.5, 0.6) is 5.75 Å². The minimum Gasteiger partial charge on any atom is -0.497 e. The van der Waals surface area contributed by atoms with Gasteiger partial charge >= 0.3 is 0 Å². The van der Waals surface area contributed by atoms with Crippen LogP contribution in [0.4, 0.5) is 5.69 Å². The molecule has 0 saturated carbocycles. The molecule has 0 spiro atoms. The van der Waals surface area contributed by atoms with Crippen molar-refractivity contribution in [3.63, 3.8) is 0 Å². The van der Waals surface area contributed by atoms with Crippen molar-refractivity contribution in [1.82, 2.24) is 0 Å². The van der Waals surface area contributed by atoms with E-state index < -0.39 is 0 Å². The van der Waals surface area contributed by atoms with Crippen LogP contribution in [0.25, 0.3) is 0 Å². The summed E-state index contributed by atoms with van der Waals surface area (Å²) in [4.78, 5) is 12.1. The summed E-state index contributed by atoms with van der Waals surface area (Å²) >= 11 is 0. The molecule has 0 aliphatic heterocycles. The minimum absolute atomic E-state index is 0.114. The van der Waals surface area contributed by atoms with Crippen LogP contribution >= 0.6 is 0 Å². The van der Waals surface area contributed by atoms with Gasteiger partial charge in [-0.25, -0.2) is 0 Å². The Morgan fingerprint density at radius 3 is 2.37 bits per heavy atom. The first-order valence-corrected chi connectivity index (χ1v) is 6.13. The fourth-order valence-electron chi connectivity index (χ4n) is 1.76. The number of benzene rings is 2. The molecule has 0 fully saturated rings. The van der Waals surface area contributed by atoms with Crippen molar-refractivity contribution >= 4 is 11.6 Å². The number of anilines is 1. The third-order valence-corrected chi connectivity index (χ3v) is 3.01. The third-order valence-electron chi connectivity index (χ3n) is 3.01. The number of hydrogen-bond acceptors (Lipinski definition) is 2. The van der Waals surface area contributed by atoms with Crippen LogP contribution < -0.4 is 10.1 Å². The Hall–Kier alpha value is -2.29. The average Bonchev–Trinajstić information content (AvgIpc) is 2.42. The zero-order valence-corrected chi connectivity index (χ0v) is 11.4. The molecule has 1 N–H and O–H groups in total. The molecule has 0 aliphatic rings. The molecule has 3 heteroatoms. The SMILES string of the molecule is COc1ccc(C)c(NC(=O)c2ccc(C)cc2)c1. The molecule has 0 unspecified atom stereocenters. The van der Waals surface area contributed by atoms with E-state index in [1.54, 1.807) is 7.11 Å². The Balaban J connectivity index is 2.21. The van der Waals surface area contributed by atoms with E-state index in [1.165, 1.54) is 0 Å². The summed E-state index contributed by atoms with van der Waals surface area (Å²) in [5, 5.41) is 2.90. The number of carbonyl (C=O) groups excluding carboxylic acids is 1. The highest BCUT2D eigenvalue weighted by Crippen LogP contribution is 2.22. The molecular formula is C16H17NO2. The first kappa shape index (κ1) is 13.1. The molecule has 0 radical (unpaired) electrons. The number of nitrogens with one attached hydrogen (secondary N) is 1. The van der Waals surface area contributed by atoms with E-state index >= 15 is 0 Å². The quantitative estimate of drug-likeness (QED) is 0.910. The van der Waals surface area contributed by atoms with Gasteiger partial charge in [0.15, 0.2) is 0 Å². The highest BCUT2D eigenvalue weighted by atomic mass is 16.5. The van der Waals surface area contributed by atoms with E-state index in [1.807, 2.05) is 56.3 Å². The van der Waals surface area contributed by atoms with Crippen LogP contribution in [0.2, 0.25) is 0 Å². The van der Waals surface area contributed by atoms with Gasteiger partial charge < -0.3 is 10.1 Å². The summed E-state index contributed by atoms with van der Waals surface area (Å²) in [7, 11) is 1.61. The summed E-state index contributed by atoms with van der Waals surface area (Å²) in [6, 6.07) is 13.1. The van der Waals surface area contributed by atoms with Crippen molar-refractivity contribution in [2.75, 3.05) is 12.4 Å². The van der Waals surface area contributed by atoms with Crippen LogP contribution in [-0.4, -0.2) is 13.0 Å². The molecule has 98 valence electrons. The monoisotopic (exact) mass is 255 g/mol. The molecule has 2 aromatic carbocycles. The summed E-state index contributed by atoms with van der Waals surface area (Å²) in [5.74, 6) is 0.612. The van der Waals surface area contributed by atoms with E-state index in [2.05, 4.69) is 5.32 Å². The van der Waals surface area contributed by atoms with E-state index in [0.29, 0.717) is 5.56 Å². The van der Waals surface area contributed by atoms with Crippen molar-refractivity contribution in [2.45, 2.75) is 13.8 Å². The number of hydrogen-bond donors (Lipinski definition) is 1. The lowest BCUT2D eigenvalue weighted by Crippen LogP contribution is -2.12. The maximum atomic E-state index is 12.1. The predicted molar refractivity (Wildman–Crippen MR) is 76.9 cm³/mol. The van der Waals surface area contributed by atoms with Crippen LogP contribution in [-0.2, 0) is 0 Å². The fraction of sp³-hybridized carbons (Fsp3) is 0.188. The topological polar surface area (TPSA) is 38.3 Å². The first-order chi connectivity index (χ1) is 9.10. The van der Waals surface area contributed by atoms with Gasteiger partial charge in [-0.2, -0.15) is 0 Å². The molecule has 19 heavy (non-hydrogen) atoms. The van der Waals surface area contributed by atoms with Crippen molar-refractivity contribution in [3.8, 4) is 5.75 Å². The number of carbonyl (C=O) groups is 1. The Bertz CT molecular complexity index is 588. The lowest BCUT2D eigenvalue weighted by atomic mass is 10.1. The molecule has 0 heterocycles. The summed E-state index contributed by atoms with van der Waals surface area (Å²) in [6.45, 7) is 3.94. The Labute approximate surface area is 113 Å². The van der Waals surface area contributed by atoms with Crippen LogP contribution in [0.15, 0.2) is 42.5 Å². The number of rotatable bonds is 3. The fourth-order valence-corrected chi connectivity index (χ4v) is 1.76. The minimum atomic E-state index is -0.114. The van der Waals surface area contributed by atoms with Gasteiger partial charge in [-0.05, 0) is 37.6 Å². The maximum absolute atomic E-state index is 12.1. The number of methoxy groups -OCH3 is 1. The zero-order valence-electron chi connectivity index (χ0n) is 11.4. The predicted octanol–water partition coefficient (Wildman–Crippen LogP) is 3.56. The van der Waals surface area contributed by atoms with Gasteiger partial charge in [0.2, 0.25) is 0 Å². The number of aryl methyl sites for hydroxylation is 2. The van der Waals surface area contributed by atoms with Gasteiger partial charge in [-0.3, -0.25) is 4.79 Å². The maximum Gasteiger partial charge on any atom is 0.255 e. The summed E-state index contributed by atoms with van der Waals surface area (Å²) < 4.78 is 5.16. The third kappa shape index (κ3) is 3.13. The van der Waals surface area contributed by atoms with Crippen molar-refractivity contribution < 1.29 is 9.53 Å². The number of ether oxygens (including phenoxy) is 1. The molecule has 2 aromatic rings. The standard InChI is InChI=1S/C16H17NO2/c1-11-4-7-13(8-5-11)16(18)17-15-10-14(19-3)9-6-12(15)2/h4-10H,1-3H3,(H,17,18). The van der Waals surface area contributed by atoms with Gasteiger partial charge in [0, 0.05) is 17.3 Å². The zero-order chi connectivity index (χ0) is 13.8. The highest BCUT2D eigenvalue weighted by Gasteiger charge is 2.08. The second-order valence-corrected chi connectivity index (χ2v) is 4.50. The van der Waals surface area contributed by atoms with Crippen molar-refractivity contribution in [3.05, 3.63) is 59.2 Å². The molecule has 3 nitrogen and oxygen atoms in total. The molecule has 2 rings (SSSR count). The van der Waals surface area contributed by atoms with E-state index in [0.717, 1.165) is 22.6 Å². The molecule has 0 saturated heterocycles. The largest absolute Gasteiger partial charge is 0.497 e. The lowest BCUT2D eigenvalue weighted by Gasteiger charge is -2.10. The second kappa shape index (κ2) is 5.57. The van der Waals surface area contributed by atoms with Gasteiger partial charge in [-0.15, -0.1) is 0 Å². The van der Waals surface area contributed by atoms with Gasteiger partial charge in [0.05, 0.1) is 7.11 Å². The molecule has 0 bridgehead atoms. The summed E-state index contributed by atoms with van der Waals surface area (Å²) in [6.07, 6.45) is 0. The first-order valence-electron chi connectivity index (χ1n) is 6.13. The van der Waals surface area contributed by atoms with E-state index in [-0.39, 0.29) is 5.91 Å².